The Morgan fingerprint density at radius 3 is 2.30 bits per heavy atom. The number of alkyl halides is 3. The normalized spacial score (nSPS) is 11.9. The summed E-state index contributed by atoms with van der Waals surface area (Å²) < 4.78 is 38.9. The Morgan fingerprint density at radius 2 is 1.70 bits per heavy atom. The predicted molar refractivity (Wildman–Crippen MR) is 67.8 cm³/mol. The number of pyridine rings is 1. The molecule has 20 heavy (non-hydrogen) atoms. The third-order valence-electron chi connectivity index (χ3n) is 2.86. The molecule has 0 spiro atoms. The first kappa shape index (κ1) is 12.5. The van der Waals surface area contributed by atoms with Gasteiger partial charge in [-0.15, -0.1) is 5.10 Å². The van der Waals surface area contributed by atoms with Crippen LogP contribution in [-0.4, -0.2) is 14.6 Å². The van der Waals surface area contributed by atoms with E-state index in [0.29, 0.717) is 22.9 Å². The number of benzene rings is 1. The number of aromatic nitrogens is 3. The monoisotopic (exact) mass is 278 g/mol. The average molecular weight is 278 g/mol. The first-order chi connectivity index (χ1) is 9.45. The molecule has 0 aliphatic heterocycles. The van der Waals surface area contributed by atoms with Crippen molar-refractivity contribution in [3.05, 3.63) is 48.0 Å². The highest BCUT2D eigenvalue weighted by atomic mass is 19.4. The van der Waals surface area contributed by atoms with Crippen LogP contribution in [0.4, 0.5) is 19.0 Å². The standard InChI is InChI=1S/C13H9F3N4/c14-13(15,16)9-6-4-8(5-7-9)12-18-11-3-1-2-10(17)20(11)19-12/h1-7H,17H2. The zero-order valence-corrected chi connectivity index (χ0v) is 10.1. The lowest BCUT2D eigenvalue weighted by Gasteiger charge is -2.05. The van der Waals surface area contributed by atoms with E-state index in [-0.39, 0.29) is 0 Å². The first-order valence-corrected chi connectivity index (χ1v) is 5.74. The van der Waals surface area contributed by atoms with E-state index < -0.39 is 11.7 Å². The lowest BCUT2D eigenvalue weighted by atomic mass is 10.1. The molecule has 1 aromatic carbocycles. The van der Waals surface area contributed by atoms with Crippen LogP contribution in [0.25, 0.3) is 17.0 Å². The zero-order valence-electron chi connectivity index (χ0n) is 10.1. The fourth-order valence-corrected chi connectivity index (χ4v) is 1.86. The molecule has 0 unspecified atom stereocenters. The predicted octanol–water partition coefficient (Wildman–Crippen LogP) is 3.00. The molecule has 2 N–H and O–H groups in total. The van der Waals surface area contributed by atoms with Crippen molar-refractivity contribution in [2.45, 2.75) is 6.18 Å². The number of anilines is 1. The largest absolute Gasteiger partial charge is 0.416 e. The summed E-state index contributed by atoms with van der Waals surface area (Å²) in [5.41, 5.74) is 6.08. The number of nitrogens with zero attached hydrogens (tertiary/aromatic N) is 3. The fourth-order valence-electron chi connectivity index (χ4n) is 1.86. The van der Waals surface area contributed by atoms with Gasteiger partial charge in [-0.2, -0.15) is 17.7 Å². The van der Waals surface area contributed by atoms with Gasteiger partial charge in [0.15, 0.2) is 11.5 Å². The fraction of sp³-hybridized carbons (Fsp3) is 0.0769. The Hall–Kier alpha value is -2.57. The molecule has 0 amide bonds. The molecule has 0 aliphatic rings. The number of nitrogens with two attached hydrogens (primary N) is 1. The third kappa shape index (κ3) is 2.07. The van der Waals surface area contributed by atoms with E-state index >= 15 is 0 Å². The van der Waals surface area contributed by atoms with Gasteiger partial charge in [-0.3, -0.25) is 0 Å². The van der Waals surface area contributed by atoms with Crippen molar-refractivity contribution in [1.29, 1.82) is 0 Å². The Labute approximate surface area is 111 Å². The van der Waals surface area contributed by atoms with Crippen LogP contribution in [0.2, 0.25) is 0 Å². The number of fused-ring (bicyclic) bond motifs is 1. The minimum absolute atomic E-state index is 0.330. The third-order valence-corrected chi connectivity index (χ3v) is 2.86. The Balaban J connectivity index is 2.05. The molecule has 0 saturated carbocycles. The lowest BCUT2D eigenvalue weighted by molar-refractivity contribution is -0.137. The van der Waals surface area contributed by atoms with Crippen LogP contribution < -0.4 is 5.73 Å². The van der Waals surface area contributed by atoms with Gasteiger partial charge >= 0.3 is 6.18 Å². The Bertz CT molecular complexity index is 759. The molecule has 0 atom stereocenters. The molecule has 0 saturated heterocycles. The maximum absolute atomic E-state index is 12.5. The van der Waals surface area contributed by atoms with Crippen molar-refractivity contribution in [2.75, 3.05) is 5.73 Å². The number of halogens is 3. The summed E-state index contributed by atoms with van der Waals surface area (Å²) in [7, 11) is 0. The minimum Gasteiger partial charge on any atom is -0.384 e. The van der Waals surface area contributed by atoms with Gasteiger partial charge in [-0.1, -0.05) is 18.2 Å². The molecule has 2 heterocycles. The molecule has 0 bridgehead atoms. The number of rotatable bonds is 1. The van der Waals surface area contributed by atoms with E-state index in [9.17, 15) is 13.2 Å². The first-order valence-electron chi connectivity index (χ1n) is 5.74. The van der Waals surface area contributed by atoms with Crippen molar-refractivity contribution >= 4 is 11.5 Å². The van der Waals surface area contributed by atoms with E-state index in [1.165, 1.54) is 16.6 Å². The Morgan fingerprint density at radius 1 is 1.00 bits per heavy atom. The summed E-state index contributed by atoms with van der Waals surface area (Å²) in [6.45, 7) is 0. The van der Waals surface area contributed by atoms with Crippen LogP contribution in [0.3, 0.4) is 0 Å². The van der Waals surface area contributed by atoms with Gasteiger partial charge in [0.1, 0.15) is 5.82 Å². The second-order valence-corrected chi connectivity index (χ2v) is 4.23. The topological polar surface area (TPSA) is 56.2 Å². The second-order valence-electron chi connectivity index (χ2n) is 4.23. The van der Waals surface area contributed by atoms with Gasteiger partial charge in [0.05, 0.1) is 5.56 Å². The van der Waals surface area contributed by atoms with Gasteiger partial charge in [0, 0.05) is 5.56 Å². The summed E-state index contributed by atoms with van der Waals surface area (Å²) in [6.07, 6.45) is -4.35. The van der Waals surface area contributed by atoms with Gasteiger partial charge in [-0.25, -0.2) is 4.98 Å². The molecule has 3 aromatic rings. The van der Waals surface area contributed by atoms with Crippen LogP contribution in [-0.2, 0) is 6.18 Å². The van der Waals surface area contributed by atoms with E-state index in [1.807, 2.05) is 0 Å². The Kier molecular flexibility index (Phi) is 2.63. The second kappa shape index (κ2) is 4.22. The number of nitrogen functional groups attached to an aromatic ring is 1. The molecular weight excluding hydrogens is 269 g/mol. The zero-order chi connectivity index (χ0) is 14.3. The van der Waals surface area contributed by atoms with Crippen LogP contribution >= 0.6 is 0 Å². The molecule has 102 valence electrons. The van der Waals surface area contributed by atoms with Crippen LogP contribution in [0, 0.1) is 0 Å². The van der Waals surface area contributed by atoms with Crippen molar-refractivity contribution in [3.8, 4) is 11.4 Å². The maximum atomic E-state index is 12.5. The molecule has 0 fully saturated rings. The van der Waals surface area contributed by atoms with Gasteiger partial charge < -0.3 is 5.73 Å². The van der Waals surface area contributed by atoms with E-state index in [4.69, 9.17) is 5.73 Å². The summed E-state index contributed by atoms with van der Waals surface area (Å²) in [4.78, 5) is 4.23. The maximum Gasteiger partial charge on any atom is 0.416 e. The summed E-state index contributed by atoms with van der Waals surface area (Å²) >= 11 is 0. The van der Waals surface area contributed by atoms with Crippen molar-refractivity contribution in [3.63, 3.8) is 0 Å². The van der Waals surface area contributed by atoms with Gasteiger partial charge in [0.2, 0.25) is 0 Å². The number of hydrogen-bond donors (Lipinski definition) is 1. The highest BCUT2D eigenvalue weighted by Gasteiger charge is 2.30. The van der Waals surface area contributed by atoms with Crippen molar-refractivity contribution in [2.24, 2.45) is 0 Å². The molecule has 3 rings (SSSR count). The summed E-state index contributed by atoms with van der Waals surface area (Å²) in [5, 5.41) is 4.17. The van der Waals surface area contributed by atoms with Crippen LogP contribution in [0.15, 0.2) is 42.5 Å². The van der Waals surface area contributed by atoms with E-state index in [1.54, 1.807) is 18.2 Å². The quantitative estimate of drug-likeness (QED) is 0.744. The van der Waals surface area contributed by atoms with Crippen LogP contribution in [0.5, 0.6) is 0 Å². The van der Waals surface area contributed by atoms with E-state index in [2.05, 4.69) is 10.1 Å². The summed E-state index contributed by atoms with van der Waals surface area (Å²) in [5.74, 6) is 0.741. The summed E-state index contributed by atoms with van der Waals surface area (Å²) in [6, 6.07) is 9.81. The lowest BCUT2D eigenvalue weighted by Crippen LogP contribution is -2.04. The molecule has 0 aliphatic carbocycles. The molecular formula is C13H9F3N4. The molecule has 7 heteroatoms. The SMILES string of the molecule is Nc1cccc2nc(-c3ccc(C(F)(F)F)cc3)nn12. The molecule has 2 aromatic heterocycles. The average Bonchev–Trinajstić information content (AvgIpc) is 2.83. The van der Waals surface area contributed by atoms with Crippen molar-refractivity contribution in [1.82, 2.24) is 14.6 Å². The van der Waals surface area contributed by atoms with Gasteiger partial charge in [-0.05, 0) is 24.3 Å². The van der Waals surface area contributed by atoms with E-state index in [0.717, 1.165) is 12.1 Å². The molecule has 4 nitrogen and oxygen atoms in total. The minimum atomic E-state index is -4.35. The van der Waals surface area contributed by atoms with Crippen LogP contribution in [0.1, 0.15) is 5.56 Å². The smallest absolute Gasteiger partial charge is 0.384 e. The number of hydrogen-bond acceptors (Lipinski definition) is 3. The van der Waals surface area contributed by atoms with Gasteiger partial charge in [0.25, 0.3) is 0 Å². The highest BCUT2D eigenvalue weighted by molar-refractivity contribution is 5.60. The highest BCUT2D eigenvalue weighted by Crippen LogP contribution is 2.30. The molecule has 0 radical (unpaired) electrons. The van der Waals surface area contributed by atoms with Crippen molar-refractivity contribution < 1.29 is 13.2 Å².